The summed E-state index contributed by atoms with van der Waals surface area (Å²) < 4.78 is 16.7. The van der Waals surface area contributed by atoms with Gasteiger partial charge in [0.2, 0.25) is 11.8 Å². The minimum Gasteiger partial charge on any atom is -0.497 e. The zero-order valence-corrected chi connectivity index (χ0v) is 17.9. The lowest BCUT2D eigenvalue weighted by atomic mass is 9.82. The Labute approximate surface area is 181 Å². The van der Waals surface area contributed by atoms with Crippen LogP contribution in [0.15, 0.2) is 53.9 Å². The summed E-state index contributed by atoms with van der Waals surface area (Å²) in [4.78, 5) is 0. The molecule has 0 saturated heterocycles. The number of nitrogens with zero attached hydrogens (tertiary/aromatic N) is 2. The molecule has 0 spiro atoms. The summed E-state index contributed by atoms with van der Waals surface area (Å²) in [6, 6.07) is 15.9. The van der Waals surface area contributed by atoms with E-state index >= 15 is 0 Å². The standard InChI is InChI=1S/C24H24N4O3/c1-13(2)14-5-7-15(8-6-14)20-18(12-25)23(26)31-24-21(20)22(27-28-24)17-11-16(29-3)9-10-19(17)30-4/h5-11,13,20H,26H2,1-4H3,(H,27,28)/t20-/m0/s1. The van der Waals surface area contributed by atoms with E-state index in [2.05, 4.69) is 42.2 Å². The summed E-state index contributed by atoms with van der Waals surface area (Å²) >= 11 is 0. The molecule has 1 aromatic heterocycles. The van der Waals surface area contributed by atoms with Crippen molar-refractivity contribution in [3.8, 4) is 34.7 Å². The summed E-state index contributed by atoms with van der Waals surface area (Å²) in [5, 5.41) is 17.3. The molecule has 7 heteroatoms. The summed E-state index contributed by atoms with van der Waals surface area (Å²) in [6.45, 7) is 4.28. The number of nitrogens with one attached hydrogen (secondary N) is 1. The minimum atomic E-state index is -0.431. The number of nitrogens with two attached hydrogens (primary N) is 1. The monoisotopic (exact) mass is 416 g/mol. The molecule has 31 heavy (non-hydrogen) atoms. The molecule has 2 aromatic carbocycles. The minimum absolute atomic E-state index is 0.0589. The van der Waals surface area contributed by atoms with Gasteiger partial charge in [0, 0.05) is 5.56 Å². The number of hydrogen-bond acceptors (Lipinski definition) is 6. The highest BCUT2D eigenvalue weighted by Crippen LogP contribution is 2.47. The fraction of sp³-hybridized carbons (Fsp3) is 0.250. The van der Waals surface area contributed by atoms with E-state index in [1.54, 1.807) is 14.2 Å². The van der Waals surface area contributed by atoms with Crippen molar-refractivity contribution in [1.29, 1.82) is 5.26 Å². The van der Waals surface area contributed by atoms with Gasteiger partial charge in [-0.2, -0.15) is 5.26 Å². The van der Waals surface area contributed by atoms with Crippen LogP contribution >= 0.6 is 0 Å². The van der Waals surface area contributed by atoms with E-state index < -0.39 is 5.92 Å². The molecule has 1 atom stereocenters. The van der Waals surface area contributed by atoms with Gasteiger partial charge in [-0.25, -0.2) is 0 Å². The van der Waals surface area contributed by atoms with Gasteiger partial charge in [0.15, 0.2) is 0 Å². The second kappa shape index (κ2) is 8.07. The molecule has 158 valence electrons. The second-order valence-electron chi connectivity index (χ2n) is 7.63. The molecule has 3 aromatic rings. The highest BCUT2D eigenvalue weighted by molar-refractivity contribution is 5.76. The fourth-order valence-electron chi connectivity index (χ4n) is 3.87. The Kier molecular flexibility index (Phi) is 5.30. The van der Waals surface area contributed by atoms with E-state index in [1.807, 2.05) is 30.3 Å². The predicted molar refractivity (Wildman–Crippen MR) is 117 cm³/mol. The molecule has 0 bridgehead atoms. The van der Waals surface area contributed by atoms with Crippen molar-refractivity contribution in [1.82, 2.24) is 10.2 Å². The number of rotatable bonds is 5. The van der Waals surface area contributed by atoms with E-state index in [4.69, 9.17) is 19.9 Å². The van der Waals surface area contributed by atoms with E-state index in [1.165, 1.54) is 5.56 Å². The first kappa shape index (κ1) is 20.4. The molecule has 7 nitrogen and oxygen atoms in total. The quantitative estimate of drug-likeness (QED) is 0.637. The van der Waals surface area contributed by atoms with Crippen molar-refractivity contribution < 1.29 is 14.2 Å². The Morgan fingerprint density at radius 3 is 2.48 bits per heavy atom. The Balaban J connectivity index is 1.93. The number of aromatic nitrogens is 2. The lowest BCUT2D eigenvalue weighted by Gasteiger charge is -2.24. The maximum Gasteiger partial charge on any atom is 0.244 e. The Bertz CT molecular complexity index is 1190. The van der Waals surface area contributed by atoms with Crippen molar-refractivity contribution >= 4 is 0 Å². The summed E-state index contributed by atoms with van der Waals surface area (Å²) in [6.07, 6.45) is 0. The maximum atomic E-state index is 9.90. The van der Waals surface area contributed by atoms with Crippen LogP contribution in [-0.4, -0.2) is 24.4 Å². The van der Waals surface area contributed by atoms with Crippen LogP contribution in [0.5, 0.6) is 17.4 Å². The lowest BCUT2D eigenvalue weighted by Crippen LogP contribution is -2.21. The van der Waals surface area contributed by atoms with Gasteiger partial charge < -0.3 is 19.9 Å². The normalized spacial score (nSPS) is 15.3. The molecule has 0 fully saturated rings. The third kappa shape index (κ3) is 3.46. The van der Waals surface area contributed by atoms with Gasteiger partial charge in [-0.3, -0.25) is 5.10 Å². The smallest absolute Gasteiger partial charge is 0.244 e. The fourth-order valence-corrected chi connectivity index (χ4v) is 3.87. The van der Waals surface area contributed by atoms with Gasteiger partial charge in [-0.05, 0) is 35.2 Å². The number of allylic oxidation sites excluding steroid dienone is 1. The van der Waals surface area contributed by atoms with Gasteiger partial charge in [0.1, 0.15) is 23.1 Å². The van der Waals surface area contributed by atoms with Crippen LogP contribution in [0, 0.1) is 11.3 Å². The number of aromatic amines is 1. The van der Waals surface area contributed by atoms with Crippen molar-refractivity contribution in [2.75, 3.05) is 14.2 Å². The second-order valence-corrected chi connectivity index (χ2v) is 7.63. The van der Waals surface area contributed by atoms with Crippen LogP contribution in [0.2, 0.25) is 0 Å². The average Bonchev–Trinajstić information content (AvgIpc) is 3.20. The maximum absolute atomic E-state index is 9.90. The number of hydrogen-bond donors (Lipinski definition) is 2. The van der Waals surface area contributed by atoms with E-state index in [-0.39, 0.29) is 5.88 Å². The molecule has 3 N–H and O–H groups in total. The lowest BCUT2D eigenvalue weighted by molar-refractivity contribution is 0.379. The highest BCUT2D eigenvalue weighted by atomic mass is 16.5. The first-order chi connectivity index (χ1) is 15.0. The van der Waals surface area contributed by atoms with Crippen LogP contribution in [0.4, 0.5) is 0 Å². The van der Waals surface area contributed by atoms with Gasteiger partial charge in [0.05, 0.1) is 31.4 Å². The molecule has 0 aliphatic carbocycles. The number of ether oxygens (including phenoxy) is 3. The molecule has 1 aliphatic rings. The number of benzene rings is 2. The molecule has 4 rings (SSSR count). The first-order valence-electron chi connectivity index (χ1n) is 9.96. The molecule has 0 unspecified atom stereocenters. The van der Waals surface area contributed by atoms with Crippen molar-refractivity contribution in [2.45, 2.75) is 25.7 Å². The largest absolute Gasteiger partial charge is 0.497 e. The predicted octanol–water partition coefficient (Wildman–Crippen LogP) is 4.44. The zero-order valence-electron chi connectivity index (χ0n) is 17.9. The zero-order chi connectivity index (χ0) is 22.1. The Hall–Kier alpha value is -3.92. The third-order valence-corrected chi connectivity index (χ3v) is 5.55. The molecule has 0 amide bonds. The topological polar surface area (TPSA) is 106 Å². The van der Waals surface area contributed by atoms with Gasteiger partial charge in [0.25, 0.3) is 0 Å². The summed E-state index contributed by atoms with van der Waals surface area (Å²) in [5.74, 6) is 1.69. The Morgan fingerprint density at radius 2 is 1.87 bits per heavy atom. The van der Waals surface area contributed by atoms with Crippen LogP contribution in [0.3, 0.4) is 0 Å². The van der Waals surface area contributed by atoms with Crippen molar-refractivity contribution in [3.05, 3.63) is 70.6 Å². The van der Waals surface area contributed by atoms with E-state index in [0.29, 0.717) is 34.6 Å². The van der Waals surface area contributed by atoms with Gasteiger partial charge in [-0.1, -0.05) is 38.1 Å². The Morgan fingerprint density at radius 1 is 1.13 bits per heavy atom. The number of H-pyrrole nitrogens is 1. The van der Waals surface area contributed by atoms with Crippen molar-refractivity contribution in [3.63, 3.8) is 0 Å². The van der Waals surface area contributed by atoms with Gasteiger partial charge in [-0.15, -0.1) is 5.10 Å². The van der Waals surface area contributed by atoms with E-state index in [9.17, 15) is 5.26 Å². The van der Waals surface area contributed by atoms with Crippen molar-refractivity contribution in [2.24, 2.45) is 5.73 Å². The highest BCUT2D eigenvalue weighted by Gasteiger charge is 2.36. The summed E-state index contributed by atoms with van der Waals surface area (Å²) in [5.41, 5.74) is 10.7. The van der Waals surface area contributed by atoms with Crippen LogP contribution in [0.25, 0.3) is 11.3 Å². The molecule has 0 saturated carbocycles. The number of nitriles is 1. The van der Waals surface area contributed by atoms with Crippen LogP contribution < -0.4 is 19.9 Å². The van der Waals surface area contributed by atoms with Crippen LogP contribution in [-0.2, 0) is 0 Å². The average molecular weight is 416 g/mol. The first-order valence-corrected chi connectivity index (χ1v) is 9.96. The molecule has 2 heterocycles. The molecule has 1 aliphatic heterocycles. The third-order valence-electron chi connectivity index (χ3n) is 5.55. The number of methoxy groups -OCH3 is 2. The SMILES string of the molecule is COc1ccc(OC)c(-c2[nH]nc3c2[C@@H](c2ccc(C(C)C)cc2)C(C#N)=C(N)O3)c1. The molecular weight excluding hydrogens is 392 g/mol. The number of fused-ring (bicyclic) bond motifs is 1. The van der Waals surface area contributed by atoms with E-state index in [0.717, 1.165) is 16.7 Å². The molecular formula is C24H24N4O3. The van der Waals surface area contributed by atoms with Crippen LogP contribution in [0.1, 0.15) is 42.4 Å². The van der Waals surface area contributed by atoms with Gasteiger partial charge >= 0.3 is 0 Å². The molecule has 0 radical (unpaired) electrons. The summed E-state index contributed by atoms with van der Waals surface area (Å²) in [7, 11) is 3.21.